The van der Waals surface area contributed by atoms with E-state index in [1.807, 2.05) is 0 Å². The molecule has 0 saturated carbocycles. The van der Waals surface area contributed by atoms with Crippen molar-refractivity contribution in [1.82, 2.24) is 5.32 Å². The standard InChI is InChI=1S/C11H21NO4S/c13-10-7-17(14,15)8-11(10)16-5-3-9-2-1-4-12-6-9/h9-13H,1-8H2. The van der Waals surface area contributed by atoms with Crippen molar-refractivity contribution in [2.75, 3.05) is 31.2 Å². The second kappa shape index (κ2) is 5.65. The lowest BCUT2D eigenvalue weighted by atomic mass is 9.97. The number of aliphatic hydroxyl groups excluding tert-OH is 1. The number of ether oxygens (including phenoxy) is 1. The Bertz CT molecular complexity index is 337. The van der Waals surface area contributed by atoms with Crippen LogP contribution in [0.15, 0.2) is 0 Å². The first-order chi connectivity index (χ1) is 8.07. The minimum Gasteiger partial charge on any atom is -0.389 e. The molecule has 0 spiro atoms. The number of sulfone groups is 1. The van der Waals surface area contributed by atoms with E-state index in [1.165, 1.54) is 12.8 Å². The Labute approximate surface area is 102 Å². The molecule has 3 unspecified atom stereocenters. The molecule has 5 nitrogen and oxygen atoms in total. The smallest absolute Gasteiger partial charge is 0.155 e. The van der Waals surface area contributed by atoms with Crippen LogP contribution < -0.4 is 5.32 Å². The normalized spacial score (nSPS) is 37.1. The van der Waals surface area contributed by atoms with Crippen LogP contribution in [0.3, 0.4) is 0 Å². The molecule has 2 rings (SSSR count). The molecule has 2 N–H and O–H groups in total. The summed E-state index contributed by atoms with van der Waals surface area (Å²) >= 11 is 0. The highest BCUT2D eigenvalue weighted by Gasteiger charge is 2.37. The molecule has 0 radical (unpaired) electrons. The third-order valence-corrected chi connectivity index (χ3v) is 5.21. The van der Waals surface area contributed by atoms with Crippen LogP contribution in [0.2, 0.25) is 0 Å². The minimum atomic E-state index is -3.09. The first-order valence-corrected chi connectivity index (χ1v) is 8.10. The molecule has 0 bridgehead atoms. The highest BCUT2D eigenvalue weighted by molar-refractivity contribution is 7.91. The van der Waals surface area contributed by atoms with E-state index in [1.54, 1.807) is 0 Å². The number of aliphatic hydroxyl groups is 1. The third kappa shape index (κ3) is 3.91. The van der Waals surface area contributed by atoms with Gasteiger partial charge in [-0.15, -0.1) is 0 Å². The van der Waals surface area contributed by atoms with Gasteiger partial charge in [0.15, 0.2) is 9.84 Å². The van der Waals surface area contributed by atoms with Crippen molar-refractivity contribution in [3.05, 3.63) is 0 Å². The maximum atomic E-state index is 11.3. The first-order valence-electron chi connectivity index (χ1n) is 6.27. The molecule has 0 aliphatic carbocycles. The highest BCUT2D eigenvalue weighted by atomic mass is 32.2. The largest absolute Gasteiger partial charge is 0.389 e. The number of nitrogens with one attached hydrogen (secondary N) is 1. The van der Waals surface area contributed by atoms with E-state index in [4.69, 9.17) is 4.74 Å². The molecule has 0 amide bonds. The number of piperidine rings is 1. The summed E-state index contributed by atoms with van der Waals surface area (Å²) in [5, 5.41) is 12.9. The first kappa shape index (κ1) is 13.3. The van der Waals surface area contributed by atoms with Gasteiger partial charge in [0.05, 0.1) is 23.7 Å². The fraction of sp³-hybridized carbons (Fsp3) is 1.00. The fourth-order valence-corrected chi connectivity index (χ4v) is 4.20. The Hall–Kier alpha value is -0.170. The molecule has 6 heteroatoms. The molecule has 2 aliphatic rings. The van der Waals surface area contributed by atoms with Crippen molar-refractivity contribution in [2.24, 2.45) is 5.92 Å². The van der Waals surface area contributed by atoms with E-state index in [0.717, 1.165) is 19.5 Å². The van der Waals surface area contributed by atoms with Crippen molar-refractivity contribution in [3.8, 4) is 0 Å². The van der Waals surface area contributed by atoms with Crippen LogP contribution >= 0.6 is 0 Å². The number of rotatable bonds is 4. The summed E-state index contributed by atoms with van der Waals surface area (Å²) in [5.74, 6) is 0.443. The average molecular weight is 263 g/mol. The van der Waals surface area contributed by atoms with Gasteiger partial charge in [-0.1, -0.05) is 0 Å². The van der Waals surface area contributed by atoms with Gasteiger partial charge in [0.25, 0.3) is 0 Å². The van der Waals surface area contributed by atoms with E-state index in [0.29, 0.717) is 12.5 Å². The maximum absolute atomic E-state index is 11.3. The van der Waals surface area contributed by atoms with Crippen LogP contribution in [-0.4, -0.2) is 56.9 Å². The Morgan fingerprint density at radius 1 is 1.35 bits per heavy atom. The molecule has 100 valence electrons. The topological polar surface area (TPSA) is 75.6 Å². The van der Waals surface area contributed by atoms with E-state index in [-0.39, 0.29) is 11.5 Å². The SMILES string of the molecule is O=S1(=O)CC(O)C(OCCC2CCCNC2)C1. The van der Waals surface area contributed by atoms with Gasteiger partial charge in [0.2, 0.25) is 0 Å². The maximum Gasteiger partial charge on any atom is 0.155 e. The van der Waals surface area contributed by atoms with Crippen molar-refractivity contribution >= 4 is 9.84 Å². The zero-order chi connectivity index (χ0) is 12.3. The molecule has 3 atom stereocenters. The van der Waals surface area contributed by atoms with Crippen molar-refractivity contribution in [3.63, 3.8) is 0 Å². The Morgan fingerprint density at radius 3 is 2.76 bits per heavy atom. The fourth-order valence-electron chi connectivity index (χ4n) is 2.51. The average Bonchev–Trinajstić information content (AvgIpc) is 2.53. The lowest BCUT2D eigenvalue weighted by Gasteiger charge is -2.23. The van der Waals surface area contributed by atoms with Crippen LogP contribution in [0.5, 0.6) is 0 Å². The summed E-state index contributed by atoms with van der Waals surface area (Å²) in [5.41, 5.74) is 0. The molecule has 2 heterocycles. The molecule has 2 fully saturated rings. The molecular formula is C11H21NO4S. The number of hydrogen-bond donors (Lipinski definition) is 2. The van der Waals surface area contributed by atoms with Crippen LogP contribution in [-0.2, 0) is 14.6 Å². The van der Waals surface area contributed by atoms with Gasteiger partial charge in [0, 0.05) is 6.61 Å². The predicted octanol–water partition coefficient (Wildman–Crippen LogP) is -0.449. The second-order valence-electron chi connectivity index (χ2n) is 5.05. The molecule has 2 aliphatic heterocycles. The van der Waals surface area contributed by atoms with Crippen molar-refractivity contribution in [1.29, 1.82) is 0 Å². The summed E-state index contributed by atoms with van der Waals surface area (Å²) in [6, 6.07) is 0. The minimum absolute atomic E-state index is 0.0307. The van der Waals surface area contributed by atoms with Crippen LogP contribution in [0.1, 0.15) is 19.3 Å². The van der Waals surface area contributed by atoms with E-state index < -0.39 is 22.0 Å². The molecule has 2 saturated heterocycles. The van der Waals surface area contributed by atoms with Crippen LogP contribution in [0, 0.1) is 5.92 Å². The quantitative estimate of drug-likeness (QED) is 0.718. The van der Waals surface area contributed by atoms with E-state index >= 15 is 0 Å². The molecule has 0 aromatic heterocycles. The molecular weight excluding hydrogens is 242 g/mol. The molecule has 0 aromatic carbocycles. The summed E-state index contributed by atoms with van der Waals surface area (Å²) in [6.45, 7) is 2.66. The number of hydrogen-bond acceptors (Lipinski definition) is 5. The molecule has 0 aromatic rings. The van der Waals surface area contributed by atoms with Gasteiger partial charge >= 0.3 is 0 Å². The van der Waals surface area contributed by atoms with E-state index in [2.05, 4.69) is 5.32 Å². The van der Waals surface area contributed by atoms with Gasteiger partial charge < -0.3 is 15.2 Å². The van der Waals surface area contributed by atoms with Crippen LogP contribution in [0.25, 0.3) is 0 Å². The van der Waals surface area contributed by atoms with Gasteiger partial charge in [-0.05, 0) is 38.3 Å². The van der Waals surface area contributed by atoms with Gasteiger partial charge in [-0.25, -0.2) is 8.42 Å². The summed E-state index contributed by atoms with van der Waals surface area (Å²) < 4.78 is 28.0. The third-order valence-electron chi connectivity index (χ3n) is 3.53. The summed E-state index contributed by atoms with van der Waals surface area (Å²) in [7, 11) is -3.09. The van der Waals surface area contributed by atoms with Gasteiger partial charge in [-0.2, -0.15) is 0 Å². The zero-order valence-corrected chi connectivity index (χ0v) is 10.8. The van der Waals surface area contributed by atoms with Gasteiger partial charge in [-0.3, -0.25) is 0 Å². The van der Waals surface area contributed by atoms with Crippen molar-refractivity contribution < 1.29 is 18.3 Å². The summed E-state index contributed by atoms with van der Waals surface area (Å²) in [4.78, 5) is 0. The zero-order valence-electron chi connectivity index (χ0n) is 9.97. The van der Waals surface area contributed by atoms with E-state index in [9.17, 15) is 13.5 Å². The Kier molecular flexibility index (Phi) is 4.41. The van der Waals surface area contributed by atoms with Crippen molar-refractivity contribution in [2.45, 2.75) is 31.5 Å². The second-order valence-corrected chi connectivity index (χ2v) is 7.21. The monoisotopic (exact) mass is 263 g/mol. The van der Waals surface area contributed by atoms with Crippen LogP contribution in [0.4, 0.5) is 0 Å². The lowest BCUT2D eigenvalue weighted by Crippen LogP contribution is -2.32. The highest BCUT2D eigenvalue weighted by Crippen LogP contribution is 2.18. The lowest BCUT2D eigenvalue weighted by molar-refractivity contribution is -0.0130. The predicted molar refractivity (Wildman–Crippen MR) is 64.6 cm³/mol. The van der Waals surface area contributed by atoms with Gasteiger partial charge in [0.1, 0.15) is 0 Å². The Morgan fingerprint density at radius 2 is 2.18 bits per heavy atom. The Balaban J connectivity index is 1.68. The summed E-state index contributed by atoms with van der Waals surface area (Å²) in [6.07, 6.45) is 1.99. The molecule has 17 heavy (non-hydrogen) atoms.